The van der Waals surface area contributed by atoms with Gasteiger partial charge in [0.2, 0.25) is 5.91 Å². The Morgan fingerprint density at radius 2 is 1.96 bits per heavy atom. The molecule has 1 saturated heterocycles. The van der Waals surface area contributed by atoms with Crippen LogP contribution < -0.4 is 5.32 Å². The molecule has 4 atom stereocenters. The van der Waals surface area contributed by atoms with Crippen molar-refractivity contribution in [3.8, 4) is 0 Å². The highest BCUT2D eigenvalue weighted by atomic mass is 32.2. The summed E-state index contributed by atoms with van der Waals surface area (Å²) in [7, 11) is 0. The van der Waals surface area contributed by atoms with Crippen molar-refractivity contribution >= 4 is 29.5 Å². The maximum absolute atomic E-state index is 12.8. The summed E-state index contributed by atoms with van der Waals surface area (Å²) in [4.78, 5) is 38.4. The minimum Gasteiger partial charge on any atom is -0.480 e. The van der Waals surface area contributed by atoms with Crippen LogP contribution in [-0.2, 0) is 9.59 Å². The molecule has 25 heavy (non-hydrogen) atoms. The van der Waals surface area contributed by atoms with Crippen LogP contribution in [0.4, 0.5) is 0 Å². The molecule has 2 amide bonds. The zero-order chi connectivity index (χ0) is 18.5. The van der Waals surface area contributed by atoms with Crippen molar-refractivity contribution in [2.24, 2.45) is 0 Å². The van der Waals surface area contributed by atoms with E-state index >= 15 is 0 Å². The van der Waals surface area contributed by atoms with E-state index in [9.17, 15) is 24.6 Å². The minimum atomic E-state index is -1.42. The Morgan fingerprint density at radius 1 is 1.32 bits per heavy atom. The van der Waals surface area contributed by atoms with Gasteiger partial charge in [0.1, 0.15) is 11.4 Å². The Morgan fingerprint density at radius 3 is 2.56 bits per heavy atom. The number of benzene rings is 1. The van der Waals surface area contributed by atoms with E-state index in [4.69, 9.17) is 0 Å². The van der Waals surface area contributed by atoms with Gasteiger partial charge in [-0.1, -0.05) is 18.2 Å². The van der Waals surface area contributed by atoms with E-state index in [1.165, 1.54) is 23.6 Å². The molecular weight excluding hydrogens is 344 g/mol. The number of aliphatic carboxylic acids is 1. The lowest BCUT2D eigenvalue weighted by atomic mass is 10.00. The fourth-order valence-electron chi connectivity index (χ4n) is 3.43. The molecule has 0 radical (unpaired) electrons. The molecule has 0 bridgehead atoms. The second kappa shape index (κ2) is 6.03. The Labute approximate surface area is 149 Å². The molecule has 134 valence electrons. The lowest BCUT2D eigenvalue weighted by Gasteiger charge is -2.31. The van der Waals surface area contributed by atoms with Crippen molar-refractivity contribution in [1.82, 2.24) is 10.2 Å². The fraction of sp³-hybridized carbons (Fsp3) is 0.471. The molecule has 3 N–H and O–H groups in total. The van der Waals surface area contributed by atoms with E-state index in [1.54, 1.807) is 12.1 Å². The number of carboxylic acid groups (broad SMARTS) is 1. The molecule has 0 aromatic heterocycles. The molecule has 3 rings (SSSR count). The first-order chi connectivity index (χ1) is 11.6. The first-order valence-electron chi connectivity index (χ1n) is 7.96. The van der Waals surface area contributed by atoms with Crippen molar-refractivity contribution in [3.63, 3.8) is 0 Å². The third-order valence-corrected chi connectivity index (χ3v) is 6.13. The Hall–Kier alpha value is -2.06. The summed E-state index contributed by atoms with van der Waals surface area (Å²) in [5.74, 6) is -2.13. The SMILES string of the molecule is C[C@@H](O)[C@H](NC(=O)[C@H]1N2C(=O)c3ccccc3[C@@H]2SC1(C)C)C(=O)O. The molecule has 8 heteroatoms. The molecule has 1 fully saturated rings. The van der Waals surface area contributed by atoms with E-state index in [1.807, 2.05) is 26.0 Å². The summed E-state index contributed by atoms with van der Waals surface area (Å²) in [6.45, 7) is 5.01. The number of aliphatic hydroxyl groups is 1. The molecule has 1 aromatic rings. The van der Waals surface area contributed by atoms with Crippen LogP contribution in [0.15, 0.2) is 24.3 Å². The van der Waals surface area contributed by atoms with Gasteiger partial charge in [0.05, 0.1) is 6.10 Å². The molecule has 2 heterocycles. The van der Waals surface area contributed by atoms with E-state index in [0.29, 0.717) is 5.56 Å². The lowest BCUT2D eigenvalue weighted by molar-refractivity contribution is -0.145. The van der Waals surface area contributed by atoms with Crippen molar-refractivity contribution in [2.75, 3.05) is 0 Å². The quantitative estimate of drug-likeness (QED) is 0.735. The van der Waals surface area contributed by atoms with Gasteiger partial charge in [0, 0.05) is 10.3 Å². The largest absolute Gasteiger partial charge is 0.480 e. The summed E-state index contributed by atoms with van der Waals surface area (Å²) in [5, 5.41) is 20.9. The molecule has 0 aliphatic carbocycles. The summed E-state index contributed by atoms with van der Waals surface area (Å²) >= 11 is 1.50. The Kier molecular flexibility index (Phi) is 4.28. The van der Waals surface area contributed by atoms with E-state index in [2.05, 4.69) is 5.32 Å². The topological polar surface area (TPSA) is 107 Å². The van der Waals surface area contributed by atoms with Crippen molar-refractivity contribution in [2.45, 2.75) is 49.1 Å². The molecule has 2 aliphatic rings. The number of carbonyl (C=O) groups is 3. The smallest absolute Gasteiger partial charge is 0.328 e. The number of hydrogen-bond acceptors (Lipinski definition) is 5. The monoisotopic (exact) mass is 364 g/mol. The molecule has 7 nitrogen and oxygen atoms in total. The van der Waals surface area contributed by atoms with E-state index in [0.717, 1.165) is 5.56 Å². The van der Waals surface area contributed by atoms with Gasteiger partial charge in [-0.2, -0.15) is 0 Å². The first kappa shape index (κ1) is 17.8. The van der Waals surface area contributed by atoms with Gasteiger partial charge < -0.3 is 20.4 Å². The van der Waals surface area contributed by atoms with Gasteiger partial charge in [-0.15, -0.1) is 11.8 Å². The standard InChI is InChI=1S/C17H20N2O5S/c1-8(20)11(16(23)24)18-13(21)12-17(2,3)25-15-10-7-5-4-6-9(10)14(22)19(12)15/h4-8,11-12,15,20H,1-3H3,(H,18,21)(H,23,24)/t8-,11+,12-,15+/m1/s1. The number of rotatable bonds is 4. The molecule has 2 aliphatic heterocycles. The van der Waals surface area contributed by atoms with E-state index < -0.39 is 34.8 Å². The maximum atomic E-state index is 12.8. The number of nitrogens with zero attached hydrogens (tertiary/aromatic N) is 1. The third-order valence-electron chi connectivity index (χ3n) is 4.59. The number of hydrogen-bond donors (Lipinski definition) is 3. The molecule has 0 saturated carbocycles. The summed E-state index contributed by atoms with van der Waals surface area (Å²) in [5.41, 5.74) is 1.43. The van der Waals surface area contributed by atoms with Crippen LogP contribution in [-0.4, -0.2) is 55.8 Å². The number of carboxylic acids is 1. The highest BCUT2D eigenvalue weighted by Crippen LogP contribution is 2.56. The fourth-order valence-corrected chi connectivity index (χ4v) is 5.01. The van der Waals surface area contributed by atoms with Crippen molar-refractivity contribution < 1.29 is 24.6 Å². The van der Waals surface area contributed by atoms with Crippen molar-refractivity contribution in [1.29, 1.82) is 0 Å². The second-order valence-corrected chi connectivity index (χ2v) is 8.58. The van der Waals surface area contributed by atoms with E-state index in [-0.39, 0.29) is 11.3 Å². The average molecular weight is 364 g/mol. The van der Waals surface area contributed by atoms with Crippen LogP contribution in [0.3, 0.4) is 0 Å². The number of amides is 2. The summed E-state index contributed by atoms with van der Waals surface area (Å²) in [6.07, 6.45) is -1.25. The number of thioether (sulfide) groups is 1. The highest BCUT2D eigenvalue weighted by Gasteiger charge is 2.57. The zero-order valence-corrected chi connectivity index (χ0v) is 14.9. The predicted octanol–water partition coefficient (Wildman–Crippen LogP) is 0.985. The normalized spacial score (nSPS) is 25.9. The van der Waals surface area contributed by atoms with Gasteiger partial charge in [-0.05, 0) is 32.4 Å². The number of aliphatic hydroxyl groups excluding tert-OH is 1. The molecule has 1 aromatic carbocycles. The van der Waals surface area contributed by atoms with Crippen LogP contribution in [0.2, 0.25) is 0 Å². The number of nitrogens with one attached hydrogen (secondary N) is 1. The second-order valence-electron chi connectivity index (χ2n) is 6.84. The predicted molar refractivity (Wildman–Crippen MR) is 92.1 cm³/mol. The van der Waals surface area contributed by atoms with Crippen LogP contribution >= 0.6 is 11.8 Å². The van der Waals surface area contributed by atoms with Crippen LogP contribution in [0.1, 0.15) is 42.1 Å². The van der Waals surface area contributed by atoms with Gasteiger partial charge >= 0.3 is 5.97 Å². The van der Waals surface area contributed by atoms with Gasteiger partial charge in [0.15, 0.2) is 6.04 Å². The molecular formula is C17H20N2O5S. The zero-order valence-electron chi connectivity index (χ0n) is 14.1. The first-order valence-corrected chi connectivity index (χ1v) is 8.84. The summed E-state index contributed by atoms with van der Waals surface area (Å²) < 4.78 is -0.598. The molecule has 0 unspecified atom stereocenters. The Bertz CT molecular complexity index is 748. The van der Waals surface area contributed by atoms with Crippen LogP contribution in [0, 0.1) is 0 Å². The van der Waals surface area contributed by atoms with Gasteiger partial charge in [-0.25, -0.2) is 4.79 Å². The summed E-state index contributed by atoms with van der Waals surface area (Å²) in [6, 6.07) is 4.98. The highest BCUT2D eigenvalue weighted by molar-refractivity contribution is 8.01. The van der Waals surface area contributed by atoms with Crippen LogP contribution in [0.25, 0.3) is 0 Å². The van der Waals surface area contributed by atoms with Gasteiger partial charge in [0.25, 0.3) is 5.91 Å². The number of carbonyl (C=O) groups excluding carboxylic acids is 2. The van der Waals surface area contributed by atoms with Crippen molar-refractivity contribution in [3.05, 3.63) is 35.4 Å². The maximum Gasteiger partial charge on any atom is 0.328 e. The average Bonchev–Trinajstić information content (AvgIpc) is 2.95. The third kappa shape index (κ3) is 2.79. The Balaban J connectivity index is 1.93. The van der Waals surface area contributed by atoms with Crippen LogP contribution in [0.5, 0.6) is 0 Å². The minimum absolute atomic E-state index is 0.234. The molecule has 0 spiro atoms. The number of fused-ring (bicyclic) bond motifs is 3. The lowest BCUT2D eigenvalue weighted by Crippen LogP contribution is -2.57. The van der Waals surface area contributed by atoms with Gasteiger partial charge in [-0.3, -0.25) is 9.59 Å².